The number of carbonyl (C=O) groups excluding carboxylic acids is 2. The third-order valence-corrected chi connectivity index (χ3v) is 1.83. The summed E-state index contributed by atoms with van der Waals surface area (Å²) < 4.78 is 9.96. The Hall–Kier alpha value is -1.36. The average Bonchev–Trinajstić information content (AvgIpc) is 2.47. The monoisotopic (exact) mass is 213 g/mol. The van der Waals surface area contributed by atoms with Gasteiger partial charge in [0.05, 0.1) is 5.70 Å². The van der Waals surface area contributed by atoms with Crippen molar-refractivity contribution in [2.24, 2.45) is 0 Å². The fourth-order valence-electron chi connectivity index (χ4n) is 1.22. The van der Waals surface area contributed by atoms with E-state index in [4.69, 9.17) is 9.47 Å². The minimum absolute atomic E-state index is 0.133. The van der Waals surface area contributed by atoms with Crippen LogP contribution in [0.15, 0.2) is 11.8 Å². The zero-order chi connectivity index (χ0) is 11.3. The maximum atomic E-state index is 11.3. The summed E-state index contributed by atoms with van der Waals surface area (Å²) in [5.41, 5.74) is 0.389. The molecule has 0 saturated carbocycles. The van der Waals surface area contributed by atoms with Crippen molar-refractivity contribution in [3.63, 3.8) is 0 Å². The van der Waals surface area contributed by atoms with Crippen molar-refractivity contribution < 1.29 is 19.1 Å². The van der Waals surface area contributed by atoms with Crippen molar-refractivity contribution in [2.75, 3.05) is 6.61 Å². The van der Waals surface area contributed by atoms with Crippen LogP contribution < -0.4 is 5.32 Å². The van der Waals surface area contributed by atoms with Gasteiger partial charge in [0.2, 0.25) is 12.2 Å². The second-order valence-electron chi connectivity index (χ2n) is 3.12. The van der Waals surface area contributed by atoms with Crippen LogP contribution in [0.2, 0.25) is 0 Å². The number of carbonyl (C=O) groups is 2. The number of nitrogens with one attached hydrogen (secondary N) is 1. The Morgan fingerprint density at radius 1 is 1.60 bits per heavy atom. The first-order valence-electron chi connectivity index (χ1n) is 5.01. The van der Waals surface area contributed by atoms with E-state index in [0.717, 1.165) is 6.42 Å². The normalized spacial score (nSPS) is 19.7. The number of hydrogen-bond donors (Lipinski definition) is 1. The van der Waals surface area contributed by atoms with Gasteiger partial charge in [-0.1, -0.05) is 6.92 Å². The van der Waals surface area contributed by atoms with Crippen LogP contribution in [0.1, 0.15) is 26.7 Å². The van der Waals surface area contributed by atoms with Gasteiger partial charge < -0.3 is 14.8 Å². The quantitative estimate of drug-likeness (QED) is 0.683. The number of rotatable bonds is 5. The molecule has 0 radical (unpaired) electrons. The highest BCUT2D eigenvalue weighted by atomic mass is 16.7. The fraction of sp³-hybridized carbons (Fsp3) is 0.600. The number of amides is 1. The molecule has 0 bridgehead atoms. The van der Waals surface area contributed by atoms with E-state index < -0.39 is 12.3 Å². The number of hydrogen-bond acceptors (Lipinski definition) is 4. The summed E-state index contributed by atoms with van der Waals surface area (Å²) in [6.07, 6.45) is 1.66. The molecule has 0 saturated heterocycles. The van der Waals surface area contributed by atoms with E-state index in [0.29, 0.717) is 18.7 Å². The Bertz CT molecular complexity index is 285. The molecule has 1 aliphatic heterocycles. The predicted octanol–water partition coefficient (Wildman–Crippen LogP) is 0.706. The number of cyclic esters (lactones) is 1. The van der Waals surface area contributed by atoms with Crippen LogP contribution in [0.5, 0.6) is 0 Å². The average molecular weight is 213 g/mol. The molecule has 1 amide bonds. The molecule has 15 heavy (non-hydrogen) atoms. The Balaban J connectivity index is 2.54. The molecule has 0 aromatic heterocycles. The highest BCUT2D eigenvalue weighted by molar-refractivity contribution is 5.88. The fourth-order valence-corrected chi connectivity index (χ4v) is 1.22. The summed E-state index contributed by atoms with van der Waals surface area (Å²) >= 11 is 0. The van der Waals surface area contributed by atoms with Crippen molar-refractivity contribution >= 4 is 11.9 Å². The third-order valence-electron chi connectivity index (χ3n) is 1.83. The summed E-state index contributed by atoms with van der Waals surface area (Å²) in [6, 6.07) is 0. The van der Waals surface area contributed by atoms with Crippen LogP contribution in [0.25, 0.3) is 0 Å². The lowest BCUT2D eigenvalue weighted by Crippen LogP contribution is -2.30. The lowest BCUT2D eigenvalue weighted by Gasteiger charge is -2.14. The molecule has 0 aliphatic carbocycles. The van der Waals surface area contributed by atoms with Crippen molar-refractivity contribution in [1.82, 2.24) is 5.32 Å². The van der Waals surface area contributed by atoms with Gasteiger partial charge in [0.1, 0.15) is 0 Å². The van der Waals surface area contributed by atoms with Gasteiger partial charge >= 0.3 is 5.97 Å². The largest absolute Gasteiger partial charge is 0.426 e. The van der Waals surface area contributed by atoms with E-state index in [1.807, 2.05) is 6.92 Å². The van der Waals surface area contributed by atoms with Gasteiger partial charge in [-0.05, 0) is 13.3 Å². The van der Waals surface area contributed by atoms with Crippen molar-refractivity contribution in [3.05, 3.63) is 11.8 Å². The molecule has 5 heteroatoms. The van der Waals surface area contributed by atoms with E-state index in [9.17, 15) is 9.59 Å². The van der Waals surface area contributed by atoms with Gasteiger partial charge in [-0.15, -0.1) is 0 Å². The molecule has 5 nitrogen and oxygen atoms in total. The maximum absolute atomic E-state index is 11.3. The molecule has 0 aromatic rings. The molecule has 1 heterocycles. The minimum Gasteiger partial charge on any atom is -0.426 e. The predicted molar refractivity (Wildman–Crippen MR) is 52.6 cm³/mol. The first kappa shape index (κ1) is 11.7. The molecule has 0 fully saturated rings. The molecule has 0 aromatic carbocycles. The minimum atomic E-state index is -0.761. The van der Waals surface area contributed by atoms with E-state index in [-0.39, 0.29) is 5.91 Å². The Morgan fingerprint density at radius 3 is 2.93 bits per heavy atom. The summed E-state index contributed by atoms with van der Waals surface area (Å²) in [6.45, 7) is 4.11. The Morgan fingerprint density at radius 2 is 2.33 bits per heavy atom. The van der Waals surface area contributed by atoms with Crippen LogP contribution in [-0.2, 0) is 19.1 Å². The molecule has 1 unspecified atom stereocenters. The van der Waals surface area contributed by atoms with Crippen molar-refractivity contribution in [1.29, 1.82) is 0 Å². The molecule has 1 atom stereocenters. The Kier molecular flexibility index (Phi) is 4.30. The van der Waals surface area contributed by atoms with Crippen LogP contribution in [0.4, 0.5) is 0 Å². The van der Waals surface area contributed by atoms with E-state index in [2.05, 4.69) is 5.32 Å². The van der Waals surface area contributed by atoms with Crippen LogP contribution >= 0.6 is 0 Å². The van der Waals surface area contributed by atoms with Gasteiger partial charge in [-0.2, -0.15) is 0 Å². The summed E-state index contributed by atoms with van der Waals surface area (Å²) in [7, 11) is 0. The summed E-state index contributed by atoms with van der Waals surface area (Å²) in [5.74, 6) is -0.619. The molecule has 1 aliphatic rings. The molecular weight excluding hydrogens is 198 g/mol. The highest BCUT2D eigenvalue weighted by Crippen LogP contribution is 2.14. The van der Waals surface area contributed by atoms with Gasteiger partial charge in [0.15, 0.2) is 0 Å². The molecule has 1 N–H and O–H groups in total. The second kappa shape index (κ2) is 5.50. The first-order valence-corrected chi connectivity index (χ1v) is 5.01. The molecule has 84 valence electrons. The summed E-state index contributed by atoms with van der Waals surface area (Å²) in [5, 5.41) is 2.60. The standard InChI is InChI=1S/C10H15NO4/c1-3-5-8(12)11-7-6-9(13)15-10(7)14-4-2/h6,10H,3-5H2,1-2H3,(H,11,12). The van der Waals surface area contributed by atoms with Gasteiger partial charge in [-0.25, -0.2) is 4.79 Å². The van der Waals surface area contributed by atoms with E-state index in [1.165, 1.54) is 6.08 Å². The maximum Gasteiger partial charge on any atom is 0.335 e. The van der Waals surface area contributed by atoms with Gasteiger partial charge in [-0.3, -0.25) is 4.79 Å². The lowest BCUT2D eigenvalue weighted by molar-refractivity contribution is -0.159. The van der Waals surface area contributed by atoms with E-state index in [1.54, 1.807) is 6.92 Å². The SMILES string of the molecule is CCCC(=O)NC1=CC(=O)OC1OCC. The molecule has 0 spiro atoms. The Labute approximate surface area is 88.4 Å². The van der Waals surface area contributed by atoms with Crippen molar-refractivity contribution in [2.45, 2.75) is 33.0 Å². The van der Waals surface area contributed by atoms with Crippen LogP contribution in [-0.4, -0.2) is 24.8 Å². The zero-order valence-electron chi connectivity index (χ0n) is 8.91. The second-order valence-corrected chi connectivity index (χ2v) is 3.12. The summed E-state index contributed by atoms with van der Waals surface area (Å²) in [4.78, 5) is 22.2. The number of ether oxygens (including phenoxy) is 2. The third kappa shape index (κ3) is 3.36. The topological polar surface area (TPSA) is 64.6 Å². The molecule has 1 rings (SSSR count). The molecular formula is C10H15NO4. The highest BCUT2D eigenvalue weighted by Gasteiger charge is 2.27. The smallest absolute Gasteiger partial charge is 0.335 e. The number of esters is 1. The lowest BCUT2D eigenvalue weighted by atomic mass is 10.3. The zero-order valence-corrected chi connectivity index (χ0v) is 8.91. The first-order chi connectivity index (χ1) is 7.17. The van der Waals surface area contributed by atoms with Gasteiger partial charge in [0, 0.05) is 19.1 Å². The van der Waals surface area contributed by atoms with Crippen LogP contribution in [0, 0.1) is 0 Å². The van der Waals surface area contributed by atoms with Crippen molar-refractivity contribution in [3.8, 4) is 0 Å². The van der Waals surface area contributed by atoms with Gasteiger partial charge in [0.25, 0.3) is 0 Å². The van der Waals surface area contributed by atoms with E-state index >= 15 is 0 Å². The van der Waals surface area contributed by atoms with Crippen LogP contribution in [0.3, 0.4) is 0 Å².